The Hall–Kier alpha value is -3.78. The second-order valence-electron chi connectivity index (χ2n) is 7.79. The summed E-state index contributed by atoms with van der Waals surface area (Å²) in [6.07, 6.45) is 0.386. The Bertz CT molecular complexity index is 1230. The van der Waals surface area contributed by atoms with Gasteiger partial charge in [-0.15, -0.1) is 0 Å². The van der Waals surface area contributed by atoms with Crippen LogP contribution in [0.2, 0.25) is 0 Å². The standard InChI is InChI=1S/C26H28N2O6/c1-4-21(5-2)34-24(18(3)33-25(31)20-14-10-7-11-15-20)27-17-16-22(29)28(26(27)32)23(30)19-12-8-6-9-13-19/h6-18,21,24H,4-5H2,1-3H3/t18-,24?/m0/s1. The summed E-state index contributed by atoms with van der Waals surface area (Å²) in [5.41, 5.74) is -1.09. The summed E-state index contributed by atoms with van der Waals surface area (Å²) in [5, 5.41) is 0. The van der Waals surface area contributed by atoms with Crippen LogP contribution in [-0.2, 0) is 9.47 Å². The number of rotatable bonds is 9. The number of ether oxygens (including phenoxy) is 2. The summed E-state index contributed by atoms with van der Waals surface area (Å²) in [4.78, 5) is 51.4. The summed E-state index contributed by atoms with van der Waals surface area (Å²) in [5.74, 6) is -1.33. The third-order valence-corrected chi connectivity index (χ3v) is 5.45. The number of benzene rings is 2. The highest BCUT2D eigenvalue weighted by atomic mass is 16.6. The monoisotopic (exact) mass is 464 g/mol. The van der Waals surface area contributed by atoms with Crippen molar-refractivity contribution in [1.82, 2.24) is 9.13 Å². The predicted octanol–water partition coefficient (Wildman–Crippen LogP) is 3.65. The molecule has 8 heteroatoms. The lowest BCUT2D eigenvalue weighted by atomic mass is 10.2. The quantitative estimate of drug-likeness (QED) is 0.449. The molecule has 1 heterocycles. The maximum Gasteiger partial charge on any atom is 0.340 e. The summed E-state index contributed by atoms with van der Waals surface area (Å²) in [6, 6.07) is 17.6. The normalized spacial score (nSPS) is 12.8. The number of hydrogen-bond donors (Lipinski definition) is 0. The van der Waals surface area contributed by atoms with Crippen molar-refractivity contribution in [2.24, 2.45) is 0 Å². The van der Waals surface area contributed by atoms with E-state index in [2.05, 4.69) is 0 Å². The zero-order chi connectivity index (χ0) is 24.7. The van der Waals surface area contributed by atoms with Crippen LogP contribution in [0.3, 0.4) is 0 Å². The number of aromatic nitrogens is 2. The molecular formula is C26H28N2O6. The molecule has 1 aromatic heterocycles. The van der Waals surface area contributed by atoms with E-state index >= 15 is 0 Å². The number of hydrogen-bond acceptors (Lipinski definition) is 6. The molecule has 3 rings (SSSR count). The lowest BCUT2D eigenvalue weighted by molar-refractivity contribution is -0.120. The molecule has 178 valence electrons. The average Bonchev–Trinajstić information content (AvgIpc) is 2.86. The summed E-state index contributed by atoms with van der Waals surface area (Å²) >= 11 is 0. The van der Waals surface area contributed by atoms with Crippen molar-refractivity contribution >= 4 is 11.9 Å². The van der Waals surface area contributed by atoms with Gasteiger partial charge < -0.3 is 9.47 Å². The second-order valence-corrected chi connectivity index (χ2v) is 7.79. The first-order chi connectivity index (χ1) is 16.4. The minimum absolute atomic E-state index is 0.195. The van der Waals surface area contributed by atoms with E-state index in [-0.39, 0.29) is 11.7 Å². The van der Waals surface area contributed by atoms with Crippen LogP contribution in [-0.4, -0.2) is 33.2 Å². The molecule has 0 saturated carbocycles. The molecule has 0 N–H and O–H groups in total. The van der Waals surface area contributed by atoms with E-state index in [0.717, 1.165) is 10.6 Å². The molecule has 3 aromatic rings. The van der Waals surface area contributed by atoms with Crippen LogP contribution in [0.25, 0.3) is 0 Å². The average molecular weight is 465 g/mol. The Morgan fingerprint density at radius 1 is 0.853 bits per heavy atom. The lowest BCUT2D eigenvalue weighted by Gasteiger charge is -2.29. The van der Waals surface area contributed by atoms with Crippen LogP contribution in [0.5, 0.6) is 0 Å². The van der Waals surface area contributed by atoms with Gasteiger partial charge in [0.15, 0.2) is 6.23 Å². The van der Waals surface area contributed by atoms with Crippen molar-refractivity contribution in [3.05, 3.63) is 105 Å². The molecule has 2 atom stereocenters. The van der Waals surface area contributed by atoms with Crippen LogP contribution in [0.1, 0.15) is 60.6 Å². The van der Waals surface area contributed by atoms with Crippen molar-refractivity contribution < 1.29 is 19.1 Å². The van der Waals surface area contributed by atoms with Gasteiger partial charge in [-0.05, 0) is 44.0 Å². The smallest absolute Gasteiger partial charge is 0.340 e. The van der Waals surface area contributed by atoms with Crippen molar-refractivity contribution in [2.75, 3.05) is 0 Å². The van der Waals surface area contributed by atoms with Crippen LogP contribution in [0.15, 0.2) is 82.5 Å². The van der Waals surface area contributed by atoms with Gasteiger partial charge in [0.25, 0.3) is 11.5 Å². The fourth-order valence-electron chi connectivity index (χ4n) is 3.53. The Labute approximate surface area is 197 Å². The second kappa shape index (κ2) is 11.4. The summed E-state index contributed by atoms with van der Waals surface area (Å²) in [7, 11) is 0. The molecule has 0 saturated heterocycles. The van der Waals surface area contributed by atoms with E-state index in [1.54, 1.807) is 55.5 Å². The largest absolute Gasteiger partial charge is 0.454 e. The Kier molecular flexibility index (Phi) is 8.32. The Morgan fingerprint density at radius 2 is 1.41 bits per heavy atom. The Balaban J connectivity index is 2.02. The fraction of sp³-hybridized carbons (Fsp3) is 0.308. The molecule has 0 aliphatic carbocycles. The zero-order valence-electron chi connectivity index (χ0n) is 19.4. The molecule has 2 aromatic carbocycles. The first-order valence-electron chi connectivity index (χ1n) is 11.2. The van der Waals surface area contributed by atoms with Gasteiger partial charge >= 0.3 is 11.7 Å². The van der Waals surface area contributed by atoms with Crippen LogP contribution in [0.4, 0.5) is 0 Å². The van der Waals surface area contributed by atoms with Crippen molar-refractivity contribution in [1.29, 1.82) is 0 Å². The highest BCUT2D eigenvalue weighted by Crippen LogP contribution is 2.21. The van der Waals surface area contributed by atoms with E-state index in [9.17, 15) is 19.2 Å². The first-order valence-corrected chi connectivity index (χ1v) is 11.2. The number of carbonyl (C=O) groups excluding carboxylic acids is 2. The van der Waals surface area contributed by atoms with E-state index in [1.165, 1.54) is 18.3 Å². The molecule has 0 fully saturated rings. The van der Waals surface area contributed by atoms with Crippen molar-refractivity contribution in [3.8, 4) is 0 Å². The van der Waals surface area contributed by atoms with E-state index in [0.29, 0.717) is 23.0 Å². The molecule has 0 spiro atoms. The van der Waals surface area contributed by atoms with E-state index in [4.69, 9.17) is 9.47 Å². The maximum atomic E-state index is 13.3. The lowest BCUT2D eigenvalue weighted by Crippen LogP contribution is -2.47. The molecular weight excluding hydrogens is 436 g/mol. The van der Waals surface area contributed by atoms with Crippen LogP contribution < -0.4 is 11.2 Å². The third-order valence-electron chi connectivity index (χ3n) is 5.45. The minimum atomic E-state index is -1.06. The van der Waals surface area contributed by atoms with Gasteiger partial charge in [-0.1, -0.05) is 50.2 Å². The van der Waals surface area contributed by atoms with Gasteiger partial charge in [0, 0.05) is 17.8 Å². The van der Waals surface area contributed by atoms with Gasteiger partial charge in [0.05, 0.1) is 11.7 Å². The zero-order valence-corrected chi connectivity index (χ0v) is 19.4. The van der Waals surface area contributed by atoms with Gasteiger partial charge in [0.2, 0.25) is 0 Å². The molecule has 34 heavy (non-hydrogen) atoms. The predicted molar refractivity (Wildman–Crippen MR) is 127 cm³/mol. The molecule has 0 aliphatic heterocycles. The van der Waals surface area contributed by atoms with Crippen LogP contribution in [0, 0.1) is 0 Å². The molecule has 0 radical (unpaired) electrons. The highest BCUT2D eigenvalue weighted by molar-refractivity contribution is 5.95. The minimum Gasteiger partial charge on any atom is -0.454 e. The van der Waals surface area contributed by atoms with Gasteiger partial charge in [0.1, 0.15) is 6.10 Å². The van der Waals surface area contributed by atoms with Crippen molar-refractivity contribution in [2.45, 2.75) is 52.0 Å². The topological polar surface area (TPSA) is 96.6 Å². The first kappa shape index (κ1) is 24.9. The SMILES string of the molecule is CCC(CC)OC([C@H](C)OC(=O)c1ccccc1)n1ccc(=O)n(C(=O)c2ccccc2)c1=O. The highest BCUT2D eigenvalue weighted by Gasteiger charge is 2.29. The van der Waals surface area contributed by atoms with Gasteiger partial charge in [-0.25, -0.2) is 9.59 Å². The fourth-order valence-corrected chi connectivity index (χ4v) is 3.53. The molecule has 0 amide bonds. The summed E-state index contributed by atoms with van der Waals surface area (Å²) in [6.45, 7) is 5.48. The molecule has 8 nitrogen and oxygen atoms in total. The number of nitrogens with zero attached hydrogens (tertiary/aromatic N) is 2. The third kappa shape index (κ3) is 5.58. The van der Waals surface area contributed by atoms with Crippen molar-refractivity contribution in [3.63, 3.8) is 0 Å². The van der Waals surface area contributed by atoms with E-state index < -0.39 is 35.5 Å². The number of esters is 1. The summed E-state index contributed by atoms with van der Waals surface area (Å²) < 4.78 is 13.5. The molecule has 0 aliphatic rings. The van der Waals surface area contributed by atoms with Gasteiger partial charge in [-0.2, -0.15) is 4.57 Å². The Morgan fingerprint density at radius 3 is 1.97 bits per heavy atom. The van der Waals surface area contributed by atoms with Gasteiger partial charge in [-0.3, -0.25) is 14.2 Å². The van der Waals surface area contributed by atoms with E-state index in [1.807, 2.05) is 13.8 Å². The molecule has 0 bridgehead atoms. The molecule has 1 unspecified atom stereocenters. The number of carbonyl (C=O) groups is 2. The van der Waals surface area contributed by atoms with Crippen LogP contribution >= 0.6 is 0 Å². The maximum absolute atomic E-state index is 13.3.